The summed E-state index contributed by atoms with van der Waals surface area (Å²) in [5.41, 5.74) is 6.00. The molecular weight excluding hydrogens is 329 g/mol. The molecule has 0 spiro atoms. The number of benzene rings is 2. The molecule has 0 saturated carbocycles. The standard InChI is InChI=1S/C21H22FN3O/c1-13-5-10-19(14(2)11-13)21(26)23-20-15(3)24-25(16(20)4)12-17-6-8-18(22)9-7-17/h5-11H,12H2,1-4H3,(H,23,26). The molecule has 26 heavy (non-hydrogen) atoms. The van der Waals surface area contributed by atoms with Crippen LogP contribution in [0.25, 0.3) is 0 Å². The van der Waals surface area contributed by atoms with Gasteiger partial charge in [0.2, 0.25) is 0 Å². The number of halogens is 1. The Kier molecular flexibility index (Phi) is 4.89. The van der Waals surface area contributed by atoms with E-state index in [0.29, 0.717) is 12.1 Å². The van der Waals surface area contributed by atoms with Gasteiger partial charge in [-0.05, 0) is 57.0 Å². The number of nitrogens with zero attached hydrogens (tertiary/aromatic N) is 2. The van der Waals surface area contributed by atoms with E-state index in [1.807, 2.05) is 50.6 Å². The van der Waals surface area contributed by atoms with Crippen molar-refractivity contribution in [3.63, 3.8) is 0 Å². The van der Waals surface area contributed by atoms with Crippen molar-refractivity contribution in [2.24, 2.45) is 0 Å². The summed E-state index contributed by atoms with van der Waals surface area (Å²) in [6, 6.07) is 12.1. The maximum absolute atomic E-state index is 13.1. The van der Waals surface area contributed by atoms with Gasteiger partial charge in [-0.1, -0.05) is 29.8 Å². The molecule has 0 radical (unpaired) electrons. The zero-order valence-corrected chi connectivity index (χ0v) is 15.4. The molecule has 0 bridgehead atoms. The second kappa shape index (κ2) is 7.12. The van der Waals surface area contributed by atoms with E-state index in [1.165, 1.54) is 12.1 Å². The van der Waals surface area contributed by atoms with Gasteiger partial charge in [0.15, 0.2) is 0 Å². The Morgan fingerprint density at radius 2 is 1.77 bits per heavy atom. The third kappa shape index (κ3) is 3.67. The summed E-state index contributed by atoms with van der Waals surface area (Å²) in [7, 11) is 0. The topological polar surface area (TPSA) is 46.9 Å². The van der Waals surface area contributed by atoms with Crippen LogP contribution in [0.1, 0.15) is 38.4 Å². The van der Waals surface area contributed by atoms with Crippen LogP contribution in [0, 0.1) is 33.5 Å². The molecule has 0 aliphatic carbocycles. The molecule has 0 atom stereocenters. The molecule has 4 nitrogen and oxygen atoms in total. The van der Waals surface area contributed by atoms with E-state index in [2.05, 4.69) is 10.4 Å². The number of hydrogen-bond acceptors (Lipinski definition) is 2. The van der Waals surface area contributed by atoms with Crippen molar-refractivity contribution in [1.29, 1.82) is 0 Å². The van der Waals surface area contributed by atoms with Gasteiger partial charge in [0, 0.05) is 5.56 Å². The lowest BCUT2D eigenvalue weighted by Gasteiger charge is -2.09. The first kappa shape index (κ1) is 17.9. The van der Waals surface area contributed by atoms with Crippen molar-refractivity contribution < 1.29 is 9.18 Å². The summed E-state index contributed by atoms with van der Waals surface area (Å²) in [4.78, 5) is 12.7. The molecule has 1 amide bonds. The minimum atomic E-state index is -0.261. The van der Waals surface area contributed by atoms with E-state index >= 15 is 0 Å². The molecule has 3 aromatic rings. The number of aromatic nitrogens is 2. The van der Waals surface area contributed by atoms with Gasteiger partial charge in [0.25, 0.3) is 5.91 Å². The molecule has 0 unspecified atom stereocenters. The highest BCUT2D eigenvalue weighted by molar-refractivity contribution is 6.05. The summed E-state index contributed by atoms with van der Waals surface area (Å²) in [6.45, 7) is 8.24. The average molecular weight is 351 g/mol. The Hall–Kier alpha value is -2.95. The molecule has 3 rings (SSSR count). The summed E-state index contributed by atoms with van der Waals surface area (Å²) < 4.78 is 14.9. The summed E-state index contributed by atoms with van der Waals surface area (Å²) >= 11 is 0. The number of anilines is 1. The number of nitrogens with one attached hydrogen (secondary N) is 1. The lowest BCUT2D eigenvalue weighted by atomic mass is 10.1. The van der Waals surface area contributed by atoms with Gasteiger partial charge in [0.05, 0.1) is 23.6 Å². The van der Waals surface area contributed by atoms with Crippen LogP contribution in [-0.2, 0) is 6.54 Å². The fourth-order valence-electron chi connectivity index (χ4n) is 3.04. The molecular formula is C21H22FN3O. The van der Waals surface area contributed by atoms with Crippen LogP contribution in [0.3, 0.4) is 0 Å². The van der Waals surface area contributed by atoms with Crippen LogP contribution < -0.4 is 5.32 Å². The molecule has 1 aromatic heterocycles. The normalized spacial score (nSPS) is 10.8. The largest absolute Gasteiger partial charge is 0.319 e. The van der Waals surface area contributed by atoms with E-state index in [1.54, 1.807) is 12.1 Å². The van der Waals surface area contributed by atoms with Gasteiger partial charge in [-0.2, -0.15) is 5.10 Å². The maximum atomic E-state index is 13.1. The molecule has 0 aliphatic rings. The Bertz CT molecular complexity index is 958. The van der Waals surface area contributed by atoms with Crippen LogP contribution in [0.15, 0.2) is 42.5 Å². The highest BCUT2D eigenvalue weighted by Crippen LogP contribution is 2.22. The van der Waals surface area contributed by atoms with E-state index in [9.17, 15) is 9.18 Å². The van der Waals surface area contributed by atoms with Crippen molar-refractivity contribution in [2.45, 2.75) is 34.2 Å². The molecule has 134 valence electrons. The number of aryl methyl sites for hydroxylation is 3. The van der Waals surface area contributed by atoms with E-state index in [-0.39, 0.29) is 11.7 Å². The highest BCUT2D eigenvalue weighted by Gasteiger charge is 2.16. The molecule has 2 aromatic carbocycles. The first-order valence-electron chi connectivity index (χ1n) is 8.52. The molecule has 0 aliphatic heterocycles. The van der Waals surface area contributed by atoms with Gasteiger partial charge < -0.3 is 5.32 Å². The average Bonchev–Trinajstić information content (AvgIpc) is 2.84. The first-order chi connectivity index (χ1) is 12.3. The fourth-order valence-corrected chi connectivity index (χ4v) is 3.04. The Morgan fingerprint density at radius 1 is 1.08 bits per heavy atom. The SMILES string of the molecule is Cc1ccc(C(=O)Nc2c(C)nn(Cc3ccc(F)cc3)c2C)c(C)c1. The summed E-state index contributed by atoms with van der Waals surface area (Å²) in [5, 5.41) is 7.51. The van der Waals surface area contributed by atoms with Crippen LogP contribution >= 0.6 is 0 Å². The molecule has 0 fully saturated rings. The minimum Gasteiger partial charge on any atom is -0.319 e. The second-order valence-corrected chi connectivity index (χ2v) is 6.60. The minimum absolute atomic E-state index is 0.143. The zero-order chi connectivity index (χ0) is 18.8. The lowest BCUT2D eigenvalue weighted by Crippen LogP contribution is -2.14. The van der Waals surface area contributed by atoms with Gasteiger partial charge in [-0.3, -0.25) is 9.48 Å². The van der Waals surface area contributed by atoms with Crippen LogP contribution in [0.2, 0.25) is 0 Å². The number of amides is 1. The molecule has 1 N–H and O–H groups in total. The number of carbonyl (C=O) groups is 1. The maximum Gasteiger partial charge on any atom is 0.256 e. The van der Waals surface area contributed by atoms with Crippen molar-refractivity contribution in [2.75, 3.05) is 5.32 Å². The van der Waals surface area contributed by atoms with Gasteiger partial charge in [0.1, 0.15) is 5.82 Å². The smallest absolute Gasteiger partial charge is 0.256 e. The first-order valence-corrected chi connectivity index (χ1v) is 8.52. The quantitative estimate of drug-likeness (QED) is 0.749. The fraction of sp³-hybridized carbons (Fsp3) is 0.238. The van der Waals surface area contributed by atoms with Crippen LogP contribution in [0.5, 0.6) is 0 Å². The third-order valence-electron chi connectivity index (χ3n) is 4.49. The van der Waals surface area contributed by atoms with Crippen molar-refractivity contribution in [3.05, 3.63) is 81.9 Å². The van der Waals surface area contributed by atoms with Gasteiger partial charge >= 0.3 is 0 Å². The summed E-state index contributed by atoms with van der Waals surface area (Å²) in [6.07, 6.45) is 0. The molecule has 5 heteroatoms. The number of carbonyl (C=O) groups excluding carboxylic acids is 1. The number of rotatable bonds is 4. The second-order valence-electron chi connectivity index (χ2n) is 6.60. The predicted molar refractivity (Wildman–Crippen MR) is 101 cm³/mol. The van der Waals surface area contributed by atoms with Gasteiger partial charge in [-0.25, -0.2) is 4.39 Å². The van der Waals surface area contributed by atoms with E-state index in [4.69, 9.17) is 0 Å². The highest BCUT2D eigenvalue weighted by atomic mass is 19.1. The van der Waals surface area contributed by atoms with Crippen molar-refractivity contribution in [3.8, 4) is 0 Å². The predicted octanol–water partition coefficient (Wildman–Crippen LogP) is 4.56. The molecule has 0 saturated heterocycles. The lowest BCUT2D eigenvalue weighted by molar-refractivity contribution is 0.102. The van der Waals surface area contributed by atoms with Crippen molar-refractivity contribution >= 4 is 11.6 Å². The van der Waals surface area contributed by atoms with Crippen molar-refractivity contribution in [1.82, 2.24) is 9.78 Å². The third-order valence-corrected chi connectivity index (χ3v) is 4.49. The number of hydrogen-bond donors (Lipinski definition) is 1. The van der Waals surface area contributed by atoms with Crippen LogP contribution in [-0.4, -0.2) is 15.7 Å². The zero-order valence-electron chi connectivity index (χ0n) is 15.4. The Balaban J connectivity index is 1.83. The Morgan fingerprint density at radius 3 is 2.42 bits per heavy atom. The van der Waals surface area contributed by atoms with Crippen LogP contribution in [0.4, 0.5) is 10.1 Å². The summed E-state index contributed by atoms with van der Waals surface area (Å²) in [5.74, 6) is -0.404. The molecule has 1 heterocycles. The van der Waals surface area contributed by atoms with Gasteiger partial charge in [-0.15, -0.1) is 0 Å². The monoisotopic (exact) mass is 351 g/mol. The Labute approximate surface area is 152 Å². The van der Waals surface area contributed by atoms with E-state index < -0.39 is 0 Å². The van der Waals surface area contributed by atoms with E-state index in [0.717, 1.165) is 33.8 Å².